The lowest BCUT2D eigenvalue weighted by atomic mass is 10.0. The van der Waals surface area contributed by atoms with Gasteiger partial charge in [0.15, 0.2) is 0 Å². The third-order valence-corrected chi connectivity index (χ3v) is 5.37. The maximum Gasteiger partial charge on any atom is 0.253 e. The van der Waals surface area contributed by atoms with Crippen LogP contribution in [0, 0.1) is 18.3 Å². The quantitative estimate of drug-likeness (QED) is 0.938. The summed E-state index contributed by atoms with van der Waals surface area (Å²) in [5.74, 6) is 0.0970. The fourth-order valence-corrected chi connectivity index (χ4v) is 3.87. The summed E-state index contributed by atoms with van der Waals surface area (Å²) in [4.78, 5) is 31.1. The van der Waals surface area contributed by atoms with Gasteiger partial charge in [-0.15, -0.1) is 0 Å². The first-order valence-corrected chi connectivity index (χ1v) is 8.64. The molecule has 1 N–H and O–H groups in total. The zero-order valence-corrected chi connectivity index (χ0v) is 14.2. The van der Waals surface area contributed by atoms with Gasteiger partial charge in [0, 0.05) is 36.2 Å². The average molecular weight is 335 g/mol. The Morgan fingerprint density at radius 3 is 2.92 bits per heavy atom. The van der Waals surface area contributed by atoms with Crippen LogP contribution in [0.5, 0.6) is 0 Å². The van der Waals surface area contributed by atoms with Crippen LogP contribution in [0.2, 0.25) is 0 Å². The van der Waals surface area contributed by atoms with Gasteiger partial charge < -0.3 is 10.2 Å². The number of amides is 2. The number of nitrogens with one attached hydrogen (secondary N) is 1. The summed E-state index contributed by atoms with van der Waals surface area (Å²) in [5.41, 5.74) is 2.50. The Kier molecular flexibility index (Phi) is 3.79. The van der Waals surface area contributed by atoms with Crippen molar-refractivity contribution in [1.82, 2.24) is 9.88 Å². The smallest absolute Gasteiger partial charge is 0.253 e. The van der Waals surface area contributed by atoms with E-state index < -0.39 is 0 Å². The lowest BCUT2D eigenvalue weighted by Gasteiger charge is -2.17. The molecular formula is C20H21N3O2. The highest BCUT2D eigenvalue weighted by molar-refractivity contribution is 5.96. The van der Waals surface area contributed by atoms with Crippen LogP contribution < -0.4 is 5.32 Å². The summed E-state index contributed by atoms with van der Waals surface area (Å²) < 4.78 is 0. The molecule has 2 aromatic rings. The van der Waals surface area contributed by atoms with E-state index in [1.165, 1.54) is 0 Å². The van der Waals surface area contributed by atoms with E-state index in [0.29, 0.717) is 6.54 Å². The maximum atomic E-state index is 12.7. The Morgan fingerprint density at radius 2 is 2.16 bits per heavy atom. The summed E-state index contributed by atoms with van der Waals surface area (Å²) >= 11 is 0. The molecule has 0 bridgehead atoms. The first-order valence-electron chi connectivity index (χ1n) is 8.64. The maximum absolute atomic E-state index is 12.7. The molecule has 25 heavy (non-hydrogen) atoms. The highest BCUT2D eigenvalue weighted by atomic mass is 16.2. The standard InChI is InChI=1S/C20H21N3O2/c1-14-4-2-5-15(10-14)19(25)23-9-7-20(13-23)11-17(20)18(24)22-16-6-3-8-21-12-16/h2-6,8,10,12,17H,7,9,11,13H2,1H3,(H,22,24). The molecule has 2 atom stereocenters. The van der Waals surface area contributed by atoms with Gasteiger partial charge in [-0.25, -0.2) is 0 Å². The van der Waals surface area contributed by atoms with Gasteiger partial charge in [0.1, 0.15) is 0 Å². The topological polar surface area (TPSA) is 62.3 Å². The lowest BCUT2D eigenvalue weighted by molar-refractivity contribution is -0.118. The van der Waals surface area contributed by atoms with Gasteiger partial charge >= 0.3 is 0 Å². The molecule has 1 saturated carbocycles. The summed E-state index contributed by atoms with van der Waals surface area (Å²) in [5, 5.41) is 2.93. The van der Waals surface area contributed by atoms with Crippen molar-refractivity contribution >= 4 is 17.5 Å². The molecule has 2 heterocycles. The average Bonchev–Trinajstić information content (AvgIpc) is 3.16. The van der Waals surface area contributed by atoms with Crippen LogP contribution in [0.25, 0.3) is 0 Å². The number of aromatic nitrogens is 1. The van der Waals surface area contributed by atoms with E-state index in [1.807, 2.05) is 42.2 Å². The van der Waals surface area contributed by atoms with Crippen LogP contribution in [-0.2, 0) is 4.79 Å². The second-order valence-electron chi connectivity index (χ2n) is 7.20. The predicted octanol–water partition coefficient (Wildman–Crippen LogP) is 2.88. The molecular weight excluding hydrogens is 314 g/mol. The summed E-state index contributed by atoms with van der Waals surface area (Å²) in [6.07, 6.45) is 5.08. The van der Waals surface area contributed by atoms with Crippen molar-refractivity contribution in [1.29, 1.82) is 0 Å². The SMILES string of the molecule is Cc1cccc(C(=O)N2CCC3(CC3C(=O)Nc3cccnc3)C2)c1. The molecule has 1 aliphatic heterocycles. The number of nitrogens with zero attached hydrogens (tertiary/aromatic N) is 2. The third kappa shape index (κ3) is 3.02. The Bertz CT molecular complexity index is 821. The fraction of sp³-hybridized carbons (Fsp3) is 0.350. The van der Waals surface area contributed by atoms with Gasteiger partial charge in [-0.1, -0.05) is 17.7 Å². The van der Waals surface area contributed by atoms with Crippen LogP contribution >= 0.6 is 0 Å². The highest BCUT2D eigenvalue weighted by Gasteiger charge is 2.61. The molecule has 4 rings (SSSR count). The number of hydrogen-bond donors (Lipinski definition) is 1. The molecule has 2 fully saturated rings. The van der Waals surface area contributed by atoms with Crippen molar-refractivity contribution in [3.05, 3.63) is 59.9 Å². The molecule has 1 saturated heterocycles. The minimum Gasteiger partial charge on any atom is -0.338 e. The van der Waals surface area contributed by atoms with E-state index in [2.05, 4.69) is 10.3 Å². The zero-order chi connectivity index (χ0) is 17.4. The van der Waals surface area contributed by atoms with Crippen molar-refractivity contribution in [2.45, 2.75) is 19.8 Å². The summed E-state index contributed by atoms with van der Waals surface area (Å²) in [7, 11) is 0. The number of benzene rings is 1. The molecule has 1 spiro atoms. The van der Waals surface area contributed by atoms with Crippen LogP contribution in [0.3, 0.4) is 0 Å². The largest absolute Gasteiger partial charge is 0.338 e. The van der Waals surface area contributed by atoms with Crippen LogP contribution in [0.4, 0.5) is 5.69 Å². The monoisotopic (exact) mass is 335 g/mol. The van der Waals surface area contributed by atoms with Gasteiger partial charge in [0.05, 0.1) is 11.9 Å². The van der Waals surface area contributed by atoms with Crippen molar-refractivity contribution in [3.63, 3.8) is 0 Å². The summed E-state index contributed by atoms with van der Waals surface area (Å²) in [6, 6.07) is 11.3. The molecule has 5 heteroatoms. The molecule has 2 amide bonds. The number of hydrogen-bond acceptors (Lipinski definition) is 3. The Labute approximate surface area is 147 Å². The second-order valence-corrected chi connectivity index (χ2v) is 7.20. The predicted molar refractivity (Wildman–Crippen MR) is 95.1 cm³/mol. The van der Waals surface area contributed by atoms with E-state index in [1.54, 1.807) is 18.5 Å². The minimum atomic E-state index is -0.0359. The van der Waals surface area contributed by atoms with Gasteiger partial charge in [-0.2, -0.15) is 0 Å². The van der Waals surface area contributed by atoms with Crippen LogP contribution in [0.1, 0.15) is 28.8 Å². The molecule has 2 unspecified atom stereocenters. The van der Waals surface area contributed by atoms with Crippen molar-refractivity contribution < 1.29 is 9.59 Å². The number of carbonyl (C=O) groups excluding carboxylic acids is 2. The van der Waals surface area contributed by atoms with Crippen LogP contribution in [0.15, 0.2) is 48.8 Å². The zero-order valence-electron chi connectivity index (χ0n) is 14.2. The van der Waals surface area contributed by atoms with Crippen LogP contribution in [-0.4, -0.2) is 34.8 Å². The summed E-state index contributed by atoms with van der Waals surface area (Å²) in [6.45, 7) is 3.39. The Morgan fingerprint density at radius 1 is 1.28 bits per heavy atom. The van der Waals surface area contributed by atoms with E-state index in [4.69, 9.17) is 0 Å². The normalized spacial score (nSPS) is 24.4. The first-order chi connectivity index (χ1) is 12.1. The van der Waals surface area contributed by atoms with E-state index >= 15 is 0 Å². The van der Waals surface area contributed by atoms with E-state index in [-0.39, 0.29) is 23.1 Å². The van der Waals surface area contributed by atoms with E-state index in [9.17, 15) is 9.59 Å². The van der Waals surface area contributed by atoms with Gasteiger partial charge in [-0.05, 0) is 44.0 Å². The fourth-order valence-electron chi connectivity index (χ4n) is 3.87. The molecule has 1 aliphatic carbocycles. The number of carbonyl (C=O) groups is 2. The molecule has 0 radical (unpaired) electrons. The molecule has 5 nitrogen and oxygen atoms in total. The lowest BCUT2D eigenvalue weighted by Crippen LogP contribution is -2.30. The van der Waals surface area contributed by atoms with Gasteiger partial charge in [-0.3, -0.25) is 14.6 Å². The second kappa shape index (κ2) is 5.99. The minimum absolute atomic E-state index is 0.0111. The molecule has 1 aromatic carbocycles. The number of pyridine rings is 1. The number of aryl methyl sites for hydroxylation is 1. The first kappa shape index (κ1) is 15.8. The molecule has 1 aromatic heterocycles. The molecule has 2 aliphatic rings. The Hall–Kier alpha value is -2.69. The van der Waals surface area contributed by atoms with Gasteiger partial charge in [0.2, 0.25) is 5.91 Å². The highest BCUT2D eigenvalue weighted by Crippen LogP contribution is 2.58. The van der Waals surface area contributed by atoms with Crippen molar-refractivity contribution in [2.24, 2.45) is 11.3 Å². The van der Waals surface area contributed by atoms with Gasteiger partial charge in [0.25, 0.3) is 5.91 Å². The Balaban J connectivity index is 1.40. The van der Waals surface area contributed by atoms with Crippen molar-refractivity contribution in [2.75, 3.05) is 18.4 Å². The van der Waals surface area contributed by atoms with E-state index in [0.717, 1.165) is 36.2 Å². The number of likely N-dealkylation sites (tertiary alicyclic amines) is 1. The number of rotatable bonds is 3. The third-order valence-electron chi connectivity index (χ3n) is 5.37. The van der Waals surface area contributed by atoms with Crippen molar-refractivity contribution in [3.8, 4) is 0 Å². The molecule has 128 valence electrons. The number of anilines is 1.